The molecule has 0 bridgehead atoms. The molecule has 4 nitrogen and oxygen atoms in total. The molecule has 1 heterocycles. The highest BCUT2D eigenvalue weighted by Crippen LogP contribution is 2.41. The predicted octanol–water partition coefficient (Wildman–Crippen LogP) is 5.68. The number of nitrogens with zero attached hydrogens (tertiary/aromatic N) is 2. The molecule has 1 fully saturated rings. The number of carbonyl (C=O) groups is 1. The van der Waals surface area contributed by atoms with E-state index >= 15 is 0 Å². The smallest absolute Gasteiger partial charge is 0.368 e. The summed E-state index contributed by atoms with van der Waals surface area (Å²) in [6.45, 7) is 2.77. The molecular formula is C27H26F3N3OS. The summed E-state index contributed by atoms with van der Waals surface area (Å²) < 4.78 is 41.5. The van der Waals surface area contributed by atoms with Gasteiger partial charge in [0.05, 0.1) is 5.56 Å². The highest BCUT2D eigenvalue weighted by Gasteiger charge is 2.34. The van der Waals surface area contributed by atoms with Gasteiger partial charge in [-0.05, 0) is 47.5 Å². The third-order valence-corrected chi connectivity index (χ3v) is 7.05. The van der Waals surface area contributed by atoms with Crippen LogP contribution < -0.4 is 10.6 Å². The van der Waals surface area contributed by atoms with Gasteiger partial charge in [0.15, 0.2) is 0 Å². The molecule has 0 saturated carbocycles. The fourth-order valence-corrected chi connectivity index (χ4v) is 5.04. The van der Waals surface area contributed by atoms with Crippen LogP contribution in [0.3, 0.4) is 0 Å². The number of hydrogen-bond donors (Lipinski definition) is 1. The van der Waals surface area contributed by atoms with Crippen molar-refractivity contribution in [3.63, 3.8) is 0 Å². The van der Waals surface area contributed by atoms with Gasteiger partial charge in [0.25, 0.3) is 0 Å². The number of amides is 1. The SMILES string of the molecule is NCc1ccccc1Sc1ccc(/C=C/C(=O)N2CCN(c3ccccc3)CC2)cc1C(F)(F)F. The topological polar surface area (TPSA) is 49.6 Å². The van der Waals surface area contributed by atoms with Crippen molar-refractivity contribution < 1.29 is 18.0 Å². The molecule has 0 atom stereocenters. The van der Waals surface area contributed by atoms with Gasteiger partial charge in [-0.3, -0.25) is 4.79 Å². The quantitative estimate of drug-likeness (QED) is 0.446. The summed E-state index contributed by atoms with van der Waals surface area (Å²) in [4.78, 5) is 17.4. The van der Waals surface area contributed by atoms with Crippen molar-refractivity contribution in [1.82, 2.24) is 4.90 Å². The minimum absolute atomic E-state index is 0.0962. The lowest BCUT2D eigenvalue weighted by atomic mass is 10.1. The third kappa shape index (κ3) is 6.26. The van der Waals surface area contributed by atoms with Crippen molar-refractivity contribution in [3.8, 4) is 0 Å². The van der Waals surface area contributed by atoms with Crippen LogP contribution in [0.4, 0.5) is 18.9 Å². The van der Waals surface area contributed by atoms with E-state index < -0.39 is 11.7 Å². The molecule has 8 heteroatoms. The van der Waals surface area contributed by atoms with E-state index in [1.165, 1.54) is 18.2 Å². The molecule has 0 aliphatic carbocycles. The van der Waals surface area contributed by atoms with Crippen molar-refractivity contribution in [1.29, 1.82) is 0 Å². The Morgan fingerprint density at radius 1 is 0.914 bits per heavy atom. The van der Waals surface area contributed by atoms with E-state index in [0.717, 1.165) is 29.1 Å². The van der Waals surface area contributed by atoms with Gasteiger partial charge < -0.3 is 15.5 Å². The lowest BCUT2D eigenvalue weighted by Gasteiger charge is -2.35. The number of rotatable bonds is 6. The first kappa shape index (κ1) is 24.9. The van der Waals surface area contributed by atoms with E-state index in [2.05, 4.69) is 4.90 Å². The average molecular weight is 498 g/mol. The van der Waals surface area contributed by atoms with E-state index in [1.807, 2.05) is 36.4 Å². The van der Waals surface area contributed by atoms with Crippen LogP contribution in [-0.4, -0.2) is 37.0 Å². The zero-order chi connectivity index (χ0) is 24.8. The van der Waals surface area contributed by atoms with E-state index in [4.69, 9.17) is 5.73 Å². The summed E-state index contributed by atoms with van der Waals surface area (Å²) in [6, 6.07) is 21.3. The number of halogens is 3. The Morgan fingerprint density at radius 2 is 1.60 bits per heavy atom. The molecule has 4 rings (SSSR count). The van der Waals surface area contributed by atoms with E-state index in [1.54, 1.807) is 29.2 Å². The Labute approximate surface area is 207 Å². The molecule has 3 aromatic rings. The zero-order valence-electron chi connectivity index (χ0n) is 19.0. The van der Waals surface area contributed by atoms with Gasteiger partial charge in [-0.2, -0.15) is 13.2 Å². The molecule has 0 aromatic heterocycles. The van der Waals surface area contributed by atoms with Crippen molar-refractivity contribution in [2.75, 3.05) is 31.1 Å². The van der Waals surface area contributed by atoms with Gasteiger partial charge in [0.2, 0.25) is 5.91 Å². The monoisotopic (exact) mass is 497 g/mol. The Balaban J connectivity index is 1.45. The molecule has 3 aromatic carbocycles. The van der Waals surface area contributed by atoms with Crippen LogP contribution >= 0.6 is 11.8 Å². The minimum atomic E-state index is -4.53. The highest BCUT2D eigenvalue weighted by molar-refractivity contribution is 7.99. The summed E-state index contributed by atoms with van der Waals surface area (Å²) in [5.74, 6) is -0.207. The summed E-state index contributed by atoms with van der Waals surface area (Å²) in [7, 11) is 0. The number of anilines is 1. The van der Waals surface area contributed by atoms with E-state index in [0.29, 0.717) is 36.6 Å². The lowest BCUT2D eigenvalue weighted by Crippen LogP contribution is -2.48. The second kappa shape index (κ2) is 11.0. The predicted molar refractivity (Wildman–Crippen MR) is 134 cm³/mol. The van der Waals surface area contributed by atoms with Gasteiger partial charge in [0, 0.05) is 54.3 Å². The van der Waals surface area contributed by atoms with Crippen LogP contribution in [-0.2, 0) is 17.5 Å². The Hall–Kier alpha value is -3.23. The largest absolute Gasteiger partial charge is 0.417 e. The fraction of sp³-hybridized carbons (Fsp3) is 0.222. The third-order valence-electron chi connectivity index (χ3n) is 5.85. The highest BCUT2D eigenvalue weighted by atomic mass is 32.2. The van der Waals surface area contributed by atoms with Crippen LogP contribution in [0.25, 0.3) is 6.08 Å². The Bertz CT molecular complexity index is 1190. The van der Waals surface area contributed by atoms with Gasteiger partial charge in [0.1, 0.15) is 0 Å². The van der Waals surface area contributed by atoms with E-state index in [-0.39, 0.29) is 17.3 Å². The standard InChI is InChI=1S/C27H26F3N3OS/c28-27(29,30)23-18-20(10-12-25(23)35-24-9-5-4-6-21(24)19-31)11-13-26(34)33-16-14-32(15-17-33)22-7-2-1-3-8-22/h1-13,18H,14-17,19,31H2/b13-11+. The number of carbonyl (C=O) groups excluding carboxylic acids is 1. The van der Waals surface area contributed by atoms with Crippen LogP contribution in [0.15, 0.2) is 88.7 Å². The number of hydrogen-bond acceptors (Lipinski definition) is 4. The molecule has 1 aliphatic rings. The summed E-state index contributed by atoms with van der Waals surface area (Å²) in [5.41, 5.74) is 7.22. The second-order valence-corrected chi connectivity index (χ2v) is 9.23. The first-order valence-electron chi connectivity index (χ1n) is 11.3. The van der Waals surface area contributed by atoms with Crippen molar-refractivity contribution in [2.24, 2.45) is 5.73 Å². The molecular weight excluding hydrogens is 471 g/mol. The molecule has 0 radical (unpaired) electrons. The number of nitrogens with two attached hydrogens (primary N) is 1. The molecule has 35 heavy (non-hydrogen) atoms. The number of benzene rings is 3. The molecule has 182 valence electrons. The average Bonchev–Trinajstić information content (AvgIpc) is 2.88. The first-order chi connectivity index (χ1) is 16.8. The summed E-state index contributed by atoms with van der Waals surface area (Å²) in [6.07, 6.45) is -1.73. The summed E-state index contributed by atoms with van der Waals surface area (Å²) >= 11 is 1.04. The van der Waals surface area contributed by atoms with Crippen molar-refractivity contribution >= 4 is 29.4 Å². The number of alkyl halides is 3. The minimum Gasteiger partial charge on any atom is -0.368 e. The van der Waals surface area contributed by atoms with Crippen LogP contribution in [0.1, 0.15) is 16.7 Å². The number of piperazine rings is 1. The maximum Gasteiger partial charge on any atom is 0.417 e. The van der Waals surface area contributed by atoms with Crippen molar-refractivity contribution in [2.45, 2.75) is 22.5 Å². The van der Waals surface area contributed by atoms with Gasteiger partial charge in [-0.25, -0.2) is 0 Å². The molecule has 1 saturated heterocycles. The number of para-hydroxylation sites is 1. The van der Waals surface area contributed by atoms with Crippen LogP contribution in [0.2, 0.25) is 0 Å². The van der Waals surface area contributed by atoms with Gasteiger partial charge in [-0.1, -0.05) is 54.2 Å². The first-order valence-corrected chi connectivity index (χ1v) is 12.1. The van der Waals surface area contributed by atoms with Gasteiger partial charge in [-0.15, -0.1) is 0 Å². The Kier molecular flexibility index (Phi) is 7.83. The maximum atomic E-state index is 13.8. The molecule has 1 aliphatic heterocycles. The summed E-state index contributed by atoms with van der Waals surface area (Å²) in [5, 5.41) is 0. The zero-order valence-corrected chi connectivity index (χ0v) is 19.9. The normalized spacial score (nSPS) is 14.5. The van der Waals surface area contributed by atoms with Crippen LogP contribution in [0.5, 0.6) is 0 Å². The fourth-order valence-electron chi connectivity index (χ4n) is 3.95. The molecule has 2 N–H and O–H groups in total. The molecule has 0 spiro atoms. The maximum absolute atomic E-state index is 13.8. The van der Waals surface area contributed by atoms with Crippen molar-refractivity contribution in [3.05, 3.63) is 95.6 Å². The van der Waals surface area contributed by atoms with E-state index in [9.17, 15) is 18.0 Å². The van der Waals surface area contributed by atoms with Gasteiger partial charge >= 0.3 is 6.18 Å². The lowest BCUT2D eigenvalue weighted by molar-refractivity contribution is -0.139. The van der Waals surface area contributed by atoms with Crippen LogP contribution in [0, 0.1) is 0 Å². The molecule has 0 unspecified atom stereocenters. The molecule has 1 amide bonds. The second-order valence-electron chi connectivity index (χ2n) is 8.15. The Morgan fingerprint density at radius 3 is 2.29 bits per heavy atom.